The second kappa shape index (κ2) is 3.43. The number of hydrogen-bond acceptors (Lipinski definition) is 2. The van der Waals surface area contributed by atoms with Crippen molar-refractivity contribution in [1.29, 1.82) is 0 Å². The minimum atomic E-state index is 0.354. The summed E-state index contributed by atoms with van der Waals surface area (Å²) in [6, 6.07) is 0. The highest BCUT2D eigenvalue weighted by Gasteiger charge is 2.27. The summed E-state index contributed by atoms with van der Waals surface area (Å²) < 4.78 is 5.52. The molecule has 0 aromatic carbocycles. The molecule has 1 fully saturated rings. The number of nitrogens with one attached hydrogen (secondary N) is 1. The van der Waals surface area contributed by atoms with E-state index >= 15 is 0 Å². The van der Waals surface area contributed by atoms with Crippen LogP contribution in [0.1, 0.15) is 27.2 Å². The maximum Gasteiger partial charge on any atom is 0.139 e. The van der Waals surface area contributed by atoms with E-state index in [-0.39, 0.29) is 0 Å². The molecular formula is C12H19NO. The van der Waals surface area contributed by atoms with Gasteiger partial charge in [-0.1, -0.05) is 26.8 Å². The van der Waals surface area contributed by atoms with Crippen LogP contribution in [0.15, 0.2) is 23.5 Å². The molecule has 2 nitrogen and oxygen atoms in total. The van der Waals surface area contributed by atoms with Crippen LogP contribution in [0.5, 0.6) is 0 Å². The zero-order chi connectivity index (χ0) is 10.2. The molecule has 0 amide bonds. The SMILES string of the molecule is CC(C)(C)C1C=C2CNCOC2=CC1. The molecule has 1 atom stereocenters. The molecule has 0 radical (unpaired) electrons. The maximum absolute atomic E-state index is 5.52. The van der Waals surface area contributed by atoms with Crippen LogP contribution in [0, 0.1) is 11.3 Å². The van der Waals surface area contributed by atoms with Gasteiger partial charge in [0.2, 0.25) is 0 Å². The number of allylic oxidation sites excluding steroid dienone is 2. The molecule has 1 N–H and O–H groups in total. The number of ether oxygens (including phenoxy) is 1. The summed E-state index contributed by atoms with van der Waals surface area (Å²) in [4.78, 5) is 0. The second-order valence-corrected chi connectivity index (χ2v) is 5.18. The van der Waals surface area contributed by atoms with Crippen LogP contribution in [0.2, 0.25) is 0 Å². The number of fused-ring (bicyclic) bond motifs is 1. The van der Waals surface area contributed by atoms with Gasteiger partial charge in [0.05, 0.1) is 0 Å². The predicted molar refractivity (Wildman–Crippen MR) is 57.7 cm³/mol. The van der Waals surface area contributed by atoms with Crippen LogP contribution in [0.25, 0.3) is 0 Å². The minimum Gasteiger partial charge on any atom is -0.478 e. The van der Waals surface area contributed by atoms with Gasteiger partial charge in [-0.2, -0.15) is 0 Å². The molecule has 0 bridgehead atoms. The van der Waals surface area contributed by atoms with Gasteiger partial charge in [0.25, 0.3) is 0 Å². The first-order chi connectivity index (χ1) is 6.57. The van der Waals surface area contributed by atoms with Gasteiger partial charge in [-0.15, -0.1) is 0 Å². The number of hydrogen-bond donors (Lipinski definition) is 1. The molecule has 1 aliphatic heterocycles. The first kappa shape index (κ1) is 9.78. The Balaban J connectivity index is 2.17. The molecule has 2 aliphatic rings. The van der Waals surface area contributed by atoms with Crippen molar-refractivity contribution in [3.05, 3.63) is 23.5 Å². The third kappa shape index (κ3) is 1.85. The zero-order valence-corrected chi connectivity index (χ0v) is 9.26. The molecule has 1 aliphatic carbocycles. The van der Waals surface area contributed by atoms with Crippen LogP contribution >= 0.6 is 0 Å². The van der Waals surface area contributed by atoms with Crippen molar-refractivity contribution in [3.8, 4) is 0 Å². The number of rotatable bonds is 0. The molecule has 14 heavy (non-hydrogen) atoms. The second-order valence-electron chi connectivity index (χ2n) is 5.18. The molecule has 0 aromatic rings. The summed E-state index contributed by atoms with van der Waals surface area (Å²) in [7, 11) is 0. The molecule has 1 unspecified atom stereocenters. The smallest absolute Gasteiger partial charge is 0.139 e. The van der Waals surface area contributed by atoms with Crippen LogP contribution < -0.4 is 5.32 Å². The fraction of sp³-hybridized carbons (Fsp3) is 0.667. The highest BCUT2D eigenvalue weighted by Crippen LogP contribution is 2.36. The molecule has 1 saturated heterocycles. The van der Waals surface area contributed by atoms with Gasteiger partial charge in [0.1, 0.15) is 12.5 Å². The third-order valence-corrected chi connectivity index (χ3v) is 3.03. The Bertz CT molecular complexity index is 283. The van der Waals surface area contributed by atoms with Gasteiger partial charge in [-0.05, 0) is 23.8 Å². The summed E-state index contributed by atoms with van der Waals surface area (Å²) >= 11 is 0. The van der Waals surface area contributed by atoms with Crippen LogP contribution in [0.3, 0.4) is 0 Å². The summed E-state index contributed by atoms with van der Waals surface area (Å²) in [6.07, 6.45) is 5.73. The highest BCUT2D eigenvalue weighted by atomic mass is 16.5. The van der Waals surface area contributed by atoms with E-state index in [0.29, 0.717) is 18.1 Å². The van der Waals surface area contributed by atoms with E-state index in [1.54, 1.807) is 0 Å². The van der Waals surface area contributed by atoms with E-state index in [9.17, 15) is 0 Å². The Morgan fingerprint density at radius 3 is 2.93 bits per heavy atom. The van der Waals surface area contributed by atoms with E-state index in [4.69, 9.17) is 4.74 Å². The van der Waals surface area contributed by atoms with Crippen molar-refractivity contribution in [3.63, 3.8) is 0 Å². The predicted octanol–water partition coefficient (Wildman–Crippen LogP) is 2.44. The van der Waals surface area contributed by atoms with Gasteiger partial charge < -0.3 is 4.74 Å². The average molecular weight is 193 g/mol. The largest absolute Gasteiger partial charge is 0.478 e. The molecule has 2 rings (SSSR count). The van der Waals surface area contributed by atoms with Gasteiger partial charge in [-0.3, -0.25) is 5.32 Å². The van der Waals surface area contributed by atoms with Crippen molar-refractivity contribution in [2.24, 2.45) is 11.3 Å². The lowest BCUT2D eigenvalue weighted by molar-refractivity contribution is 0.168. The fourth-order valence-corrected chi connectivity index (χ4v) is 1.97. The average Bonchev–Trinajstić information content (AvgIpc) is 2.16. The van der Waals surface area contributed by atoms with E-state index in [1.807, 2.05) is 0 Å². The Kier molecular flexibility index (Phi) is 2.40. The minimum absolute atomic E-state index is 0.354. The Labute approximate surface area is 86.0 Å². The molecule has 0 saturated carbocycles. The Morgan fingerprint density at radius 2 is 2.21 bits per heavy atom. The Morgan fingerprint density at radius 1 is 1.43 bits per heavy atom. The lowest BCUT2D eigenvalue weighted by Crippen LogP contribution is -2.31. The fourth-order valence-electron chi connectivity index (χ4n) is 1.97. The molecule has 78 valence electrons. The lowest BCUT2D eigenvalue weighted by atomic mass is 9.75. The summed E-state index contributed by atoms with van der Waals surface area (Å²) in [5.74, 6) is 1.74. The van der Waals surface area contributed by atoms with E-state index < -0.39 is 0 Å². The molecule has 1 heterocycles. The maximum atomic E-state index is 5.52. The normalized spacial score (nSPS) is 27.2. The highest BCUT2D eigenvalue weighted by molar-refractivity contribution is 5.33. The molecular weight excluding hydrogens is 174 g/mol. The standard InChI is InChI=1S/C12H19NO/c1-12(2,3)10-4-5-11-9(6-10)7-13-8-14-11/h5-6,10,13H,4,7-8H2,1-3H3. The van der Waals surface area contributed by atoms with Crippen LogP contribution in [0.4, 0.5) is 0 Å². The van der Waals surface area contributed by atoms with Gasteiger partial charge in [-0.25, -0.2) is 0 Å². The zero-order valence-electron chi connectivity index (χ0n) is 9.26. The summed E-state index contributed by atoms with van der Waals surface area (Å²) in [5, 5.41) is 3.22. The monoisotopic (exact) mass is 193 g/mol. The summed E-state index contributed by atoms with van der Waals surface area (Å²) in [5.41, 5.74) is 1.69. The van der Waals surface area contributed by atoms with Crippen molar-refractivity contribution in [2.45, 2.75) is 27.2 Å². The first-order valence-corrected chi connectivity index (χ1v) is 5.32. The molecule has 0 spiro atoms. The first-order valence-electron chi connectivity index (χ1n) is 5.32. The van der Waals surface area contributed by atoms with Gasteiger partial charge >= 0.3 is 0 Å². The lowest BCUT2D eigenvalue weighted by Gasteiger charge is -2.33. The van der Waals surface area contributed by atoms with Gasteiger partial charge in [0.15, 0.2) is 0 Å². The van der Waals surface area contributed by atoms with Gasteiger partial charge in [0, 0.05) is 12.1 Å². The van der Waals surface area contributed by atoms with E-state index in [0.717, 1.165) is 18.7 Å². The quantitative estimate of drug-likeness (QED) is 0.638. The van der Waals surface area contributed by atoms with Crippen LogP contribution in [-0.2, 0) is 4.74 Å². The van der Waals surface area contributed by atoms with E-state index in [2.05, 4.69) is 38.2 Å². The van der Waals surface area contributed by atoms with Crippen LogP contribution in [-0.4, -0.2) is 13.3 Å². The van der Waals surface area contributed by atoms with Crippen molar-refractivity contribution in [1.82, 2.24) is 5.32 Å². The Hall–Kier alpha value is -0.760. The topological polar surface area (TPSA) is 21.3 Å². The van der Waals surface area contributed by atoms with Crippen molar-refractivity contribution >= 4 is 0 Å². The summed E-state index contributed by atoms with van der Waals surface area (Å²) in [6.45, 7) is 8.50. The molecule has 0 aromatic heterocycles. The van der Waals surface area contributed by atoms with Crippen molar-refractivity contribution < 1.29 is 4.74 Å². The van der Waals surface area contributed by atoms with E-state index in [1.165, 1.54) is 5.57 Å². The third-order valence-electron chi connectivity index (χ3n) is 3.03. The van der Waals surface area contributed by atoms with Crippen molar-refractivity contribution in [2.75, 3.05) is 13.3 Å². The molecule has 2 heteroatoms.